The maximum absolute atomic E-state index is 12.3. The summed E-state index contributed by atoms with van der Waals surface area (Å²) in [6, 6.07) is 7.23. The second kappa shape index (κ2) is 5.58. The van der Waals surface area contributed by atoms with Crippen molar-refractivity contribution in [1.82, 2.24) is 9.29 Å². The van der Waals surface area contributed by atoms with Crippen LogP contribution in [0.3, 0.4) is 0 Å². The van der Waals surface area contributed by atoms with Crippen molar-refractivity contribution in [3.05, 3.63) is 47.8 Å². The molecule has 1 aromatic carbocycles. The molecular formula is C13H14N2O5S. The first-order valence-electron chi connectivity index (χ1n) is 5.96. The number of hydrogen-bond donors (Lipinski definition) is 3. The van der Waals surface area contributed by atoms with Gasteiger partial charge in [0.05, 0.1) is 0 Å². The molecule has 0 aliphatic heterocycles. The van der Waals surface area contributed by atoms with Crippen LogP contribution in [0.25, 0.3) is 0 Å². The minimum absolute atomic E-state index is 0.0981. The van der Waals surface area contributed by atoms with Gasteiger partial charge in [-0.2, -0.15) is 4.31 Å². The molecule has 0 radical (unpaired) electrons. The molecule has 0 amide bonds. The van der Waals surface area contributed by atoms with Gasteiger partial charge in [0.15, 0.2) is 0 Å². The molecule has 0 saturated carbocycles. The normalized spacial score (nSPS) is 11.7. The largest absolute Gasteiger partial charge is 0.508 e. The molecule has 0 fully saturated rings. The van der Waals surface area contributed by atoms with Crippen LogP contribution in [-0.2, 0) is 16.6 Å². The van der Waals surface area contributed by atoms with E-state index >= 15 is 0 Å². The highest BCUT2D eigenvalue weighted by molar-refractivity contribution is 7.89. The van der Waals surface area contributed by atoms with Gasteiger partial charge < -0.3 is 15.2 Å². The molecule has 112 valence electrons. The minimum Gasteiger partial charge on any atom is -0.508 e. The highest BCUT2D eigenvalue weighted by Gasteiger charge is 2.23. The second-order valence-electron chi connectivity index (χ2n) is 4.48. The predicted molar refractivity (Wildman–Crippen MR) is 74.5 cm³/mol. The molecule has 0 aliphatic rings. The number of carboxylic acid groups (broad SMARTS) is 1. The lowest BCUT2D eigenvalue weighted by atomic mass is 10.2. The highest BCUT2D eigenvalue weighted by Crippen LogP contribution is 2.19. The molecule has 0 saturated heterocycles. The van der Waals surface area contributed by atoms with Crippen LogP contribution in [0, 0.1) is 0 Å². The van der Waals surface area contributed by atoms with Crippen molar-refractivity contribution in [2.45, 2.75) is 11.4 Å². The Morgan fingerprint density at radius 2 is 1.90 bits per heavy atom. The van der Waals surface area contributed by atoms with E-state index in [4.69, 9.17) is 5.11 Å². The minimum atomic E-state index is -3.78. The number of aromatic carboxylic acids is 1. The van der Waals surface area contributed by atoms with Gasteiger partial charge in [-0.25, -0.2) is 13.2 Å². The Balaban J connectivity index is 2.21. The monoisotopic (exact) mass is 310 g/mol. The van der Waals surface area contributed by atoms with Crippen molar-refractivity contribution in [3.63, 3.8) is 0 Å². The average molecular weight is 310 g/mol. The number of carboxylic acids is 1. The summed E-state index contributed by atoms with van der Waals surface area (Å²) in [5.74, 6) is -1.13. The molecular weight excluding hydrogens is 296 g/mol. The summed E-state index contributed by atoms with van der Waals surface area (Å²) in [4.78, 5) is 13.1. The zero-order valence-corrected chi connectivity index (χ0v) is 12.0. The van der Waals surface area contributed by atoms with Crippen LogP contribution in [0.2, 0.25) is 0 Å². The molecule has 2 aromatic rings. The number of hydrogen-bond acceptors (Lipinski definition) is 4. The van der Waals surface area contributed by atoms with E-state index < -0.39 is 16.0 Å². The van der Waals surface area contributed by atoms with Gasteiger partial charge in [0, 0.05) is 19.8 Å². The molecule has 0 atom stereocenters. The van der Waals surface area contributed by atoms with Crippen molar-refractivity contribution in [2.75, 3.05) is 7.05 Å². The summed E-state index contributed by atoms with van der Waals surface area (Å²) in [7, 11) is -2.39. The van der Waals surface area contributed by atoms with Gasteiger partial charge in [-0.1, -0.05) is 12.1 Å². The van der Waals surface area contributed by atoms with Gasteiger partial charge in [-0.15, -0.1) is 0 Å². The fourth-order valence-electron chi connectivity index (χ4n) is 1.77. The summed E-state index contributed by atoms with van der Waals surface area (Å²) >= 11 is 0. The van der Waals surface area contributed by atoms with Crippen molar-refractivity contribution < 1.29 is 23.4 Å². The molecule has 21 heavy (non-hydrogen) atoms. The number of nitrogens with one attached hydrogen (secondary N) is 1. The van der Waals surface area contributed by atoms with Crippen LogP contribution in [-0.4, -0.2) is 40.9 Å². The van der Waals surface area contributed by atoms with Gasteiger partial charge in [0.2, 0.25) is 10.0 Å². The molecule has 7 nitrogen and oxygen atoms in total. The fourth-order valence-corrected chi connectivity index (χ4v) is 2.92. The highest BCUT2D eigenvalue weighted by atomic mass is 32.2. The van der Waals surface area contributed by atoms with E-state index in [1.165, 1.54) is 19.2 Å². The van der Waals surface area contributed by atoms with Crippen molar-refractivity contribution >= 4 is 16.0 Å². The number of carbonyl (C=O) groups is 1. The van der Waals surface area contributed by atoms with Crippen LogP contribution in [0.1, 0.15) is 16.1 Å². The Kier molecular flexibility index (Phi) is 4.01. The van der Waals surface area contributed by atoms with Gasteiger partial charge in [0.25, 0.3) is 0 Å². The number of sulfonamides is 1. The predicted octanol–water partition coefficient (Wildman–Crippen LogP) is 1.24. The lowest BCUT2D eigenvalue weighted by Gasteiger charge is -2.16. The molecule has 0 bridgehead atoms. The van der Waals surface area contributed by atoms with Crippen molar-refractivity contribution in [1.29, 1.82) is 0 Å². The third kappa shape index (κ3) is 3.23. The number of H-pyrrole nitrogens is 1. The van der Waals surface area contributed by atoms with Gasteiger partial charge in [-0.05, 0) is 23.8 Å². The van der Waals surface area contributed by atoms with Gasteiger partial charge in [0.1, 0.15) is 16.3 Å². The van der Waals surface area contributed by atoms with E-state index in [-0.39, 0.29) is 22.9 Å². The lowest BCUT2D eigenvalue weighted by Crippen LogP contribution is -2.26. The summed E-state index contributed by atoms with van der Waals surface area (Å²) in [5.41, 5.74) is 0.513. The van der Waals surface area contributed by atoms with Crippen molar-refractivity contribution in [2.24, 2.45) is 0 Å². The molecule has 0 aliphatic carbocycles. The zero-order valence-electron chi connectivity index (χ0n) is 11.1. The zero-order chi connectivity index (χ0) is 15.6. The first-order chi connectivity index (χ1) is 9.80. The van der Waals surface area contributed by atoms with Crippen LogP contribution in [0.4, 0.5) is 0 Å². The van der Waals surface area contributed by atoms with E-state index in [9.17, 15) is 18.3 Å². The number of phenolic OH excluding ortho intramolecular Hbond substituents is 1. The Labute approximate surface area is 121 Å². The molecule has 1 heterocycles. The van der Waals surface area contributed by atoms with Gasteiger partial charge in [-0.3, -0.25) is 0 Å². The number of phenols is 1. The summed E-state index contributed by atoms with van der Waals surface area (Å²) < 4.78 is 25.7. The summed E-state index contributed by atoms with van der Waals surface area (Å²) in [6.45, 7) is 0.107. The Hall–Kier alpha value is -2.32. The summed E-state index contributed by atoms with van der Waals surface area (Å²) in [6.07, 6.45) is 1.14. The quantitative estimate of drug-likeness (QED) is 0.769. The first kappa shape index (κ1) is 15.1. The molecule has 8 heteroatoms. The maximum atomic E-state index is 12.3. The summed E-state index contributed by atoms with van der Waals surface area (Å²) in [5, 5.41) is 18.0. The maximum Gasteiger partial charge on any atom is 0.352 e. The molecule has 1 aromatic heterocycles. The number of rotatable bonds is 5. The Morgan fingerprint density at radius 1 is 1.29 bits per heavy atom. The topological polar surface area (TPSA) is 111 Å². The average Bonchev–Trinajstić information content (AvgIpc) is 2.91. The van der Waals surface area contributed by atoms with Gasteiger partial charge >= 0.3 is 5.97 Å². The lowest BCUT2D eigenvalue weighted by molar-refractivity contribution is 0.0691. The Morgan fingerprint density at radius 3 is 2.43 bits per heavy atom. The molecule has 0 spiro atoms. The smallest absolute Gasteiger partial charge is 0.352 e. The van der Waals surface area contributed by atoms with E-state index in [1.807, 2.05) is 0 Å². The van der Waals surface area contributed by atoms with E-state index in [0.717, 1.165) is 16.6 Å². The van der Waals surface area contributed by atoms with E-state index in [1.54, 1.807) is 12.1 Å². The molecule has 0 unspecified atom stereocenters. The number of aromatic amines is 1. The van der Waals surface area contributed by atoms with Crippen LogP contribution >= 0.6 is 0 Å². The number of benzene rings is 1. The van der Waals surface area contributed by atoms with Crippen LogP contribution in [0.5, 0.6) is 5.75 Å². The first-order valence-corrected chi connectivity index (χ1v) is 7.40. The number of aromatic hydroxyl groups is 1. The number of nitrogens with zero attached hydrogens (tertiary/aromatic N) is 1. The molecule has 3 N–H and O–H groups in total. The SMILES string of the molecule is CN(Cc1ccc(O)cc1)S(=O)(=O)c1c[nH]c(C(=O)O)c1. The standard InChI is InChI=1S/C13H14N2O5S/c1-15(8-9-2-4-10(16)5-3-9)21(19,20)11-6-12(13(17)18)14-7-11/h2-7,14,16H,8H2,1H3,(H,17,18). The van der Waals surface area contributed by atoms with Crippen LogP contribution in [0.15, 0.2) is 41.4 Å². The van der Waals surface area contributed by atoms with E-state index in [2.05, 4.69) is 4.98 Å². The van der Waals surface area contributed by atoms with Crippen molar-refractivity contribution in [3.8, 4) is 5.75 Å². The third-order valence-corrected chi connectivity index (χ3v) is 4.72. The number of aromatic nitrogens is 1. The van der Waals surface area contributed by atoms with E-state index in [0.29, 0.717) is 5.56 Å². The van der Waals surface area contributed by atoms with Crippen LogP contribution < -0.4 is 0 Å². The second-order valence-corrected chi connectivity index (χ2v) is 6.53. The molecule has 2 rings (SSSR count). The third-order valence-electron chi connectivity index (χ3n) is 2.94. The Bertz CT molecular complexity index is 749. The fraction of sp³-hybridized carbons (Fsp3) is 0.154.